The van der Waals surface area contributed by atoms with Crippen molar-refractivity contribution in [2.24, 2.45) is 5.92 Å². The minimum absolute atomic E-state index is 0.0546. The number of amides is 1. The minimum atomic E-state index is -4.00. The van der Waals surface area contributed by atoms with E-state index in [2.05, 4.69) is 37.4 Å². The van der Waals surface area contributed by atoms with E-state index in [-0.39, 0.29) is 22.5 Å². The summed E-state index contributed by atoms with van der Waals surface area (Å²) < 4.78 is 31.0. The molecule has 0 atom stereocenters. The number of piperazine rings is 1. The Morgan fingerprint density at radius 1 is 1.11 bits per heavy atom. The molecule has 0 spiro atoms. The van der Waals surface area contributed by atoms with Crippen LogP contribution in [0.4, 0.5) is 11.6 Å². The van der Waals surface area contributed by atoms with Crippen LogP contribution in [-0.2, 0) is 14.9 Å². The SMILES string of the molecule is CN1CCN(CCCNc2ccc(S(=O)(=O)Oc3ccc4nc(NC(=O)C5CC5)[nH]c4c3)cc2)CC1. The molecule has 2 aromatic carbocycles. The van der Waals surface area contributed by atoms with Gasteiger partial charge in [-0.15, -0.1) is 0 Å². The number of likely N-dealkylation sites (N-methyl/N-ethyl adjacent to an activating group) is 1. The Hall–Kier alpha value is -3.15. The molecule has 10 nitrogen and oxygen atoms in total. The first-order chi connectivity index (χ1) is 17.4. The van der Waals surface area contributed by atoms with Crippen LogP contribution in [0.15, 0.2) is 47.4 Å². The van der Waals surface area contributed by atoms with E-state index in [0.717, 1.165) is 64.2 Å². The lowest BCUT2D eigenvalue weighted by molar-refractivity contribution is -0.117. The van der Waals surface area contributed by atoms with E-state index >= 15 is 0 Å². The summed E-state index contributed by atoms with van der Waals surface area (Å²) in [5.41, 5.74) is 2.05. The number of aromatic nitrogens is 2. The van der Waals surface area contributed by atoms with Crippen LogP contribution in [-0.4, -0.2) is 80.4 Å². The summed E-state index contributed by atoms with van der Waals surface area (Å²) in [6.45, 7) is 6.31. The van der Waals surface area contributed by atoms with Gasteiger partial charge in [0.05, 0.1) is 11.0 Å². The predicted octanol–water partition coefficient (Wildman–Crippen LogP) is 2.73. The molecule has 0 bridgehead atoms. The third-order valence-corrected chi connectivity index (χ3v) is 7.83. The van der Waals surface area contributed by atoms with Crippen LogP contribution in [0, 0.1) is 5.92 Å². The van der Waals surface area contributed by atoms with Crippen molar-refractivity contribution in [1.29, 1.82) is 0 Å². The number of imidazole rings is 1. The molecule has 1 saturated carbocycles. The van der Waals surface area contributed by atoms with Gasteiger partial charge in [-0.1, -0.05) is 0 Å². The highest BCUT2D eigenvalue weighted by Crippen LogP contribution is 2.30. The molecule has 36 heavy (non-hydrogen) atoms. The number of benzene rings is 2. The molecule has 0 radical (unpaired) electrons. The number of hydrogen-bond donors (Lipinski definition) is 3. The molecule has 3 aromatic rings. The van der Waals surface area contributed by atoms with E-state index in [1.165, 1.54) is 0 Å². The molecule has 2 heterocycles. The standard InChI is InChI=1S/C25H32N6O4S/c1-30-13-15-31(16-14-30)12-2-11-26-19-5-8-21(9-6-19)36(33,34)35-20-7-10-22-23(17-20)28-25(27-22)29-24(32)18-3-4-18/h5-10,17-18,26H,2-4,11-16H2,1H3,(H2,27,28,29,32). The Kier molecular flexibility index (Phi) is 7.13. The maximum absolute atomic E-state index is 12.8. The second-order valence-electron chi connectivity index (χ2n) is 9.51. The van der Waals surface area contributed by atoms with Crippen molar-refractivity contribution in [3.63, 3.8) is 0 Å². The molecule has 1 aliphatic heterocycles. The zero-order chi connectivity index (χ0) is 25.1. The largest absolute Gasteiger partial charge is 0.385 e. The molecule has 1 aromatic heterocycles. The van der Waals surface area contributed by atoms with Crippen LogP contribution in [0.1, 0.15) is 19.3 Å². The quantitative estimate of drug-likeness (QED) is 0.280. The van der Waals surface area contributed by atoms with Crippen molar-refractivity contribution in [2.75, 3.05) is 56.9 Å². The van der Waals surface area contributed by atoms with Gasteiger partial charge in [-0.25, -0.2) is 4.98 Å². The predicted molar refractivity (Wildman–Crippen MR) is 139 cm³/mol. The monoisotopic (exact) mass is 512 g/mol. The molecule has 5 rings (SSSR count). The van der Waals surface area contributed by atoms with Gasteiger partial charge in [0, 0.05) is 50.4 Å². The number of nitrogens with one attached hydrogen (secondary N) is 3. The van der Waals surface area contributed by atoms with Gasteiger partial charge in [0.1, 0.15) is 10.6 Å². The third kappa shape index (κ3) is 6.15. The van der Waals surface area contributed by atoms with Gasteiger partial charge < -0.3 is 24.3 Å². The highest BCUT2D eigenvalue weighted by molar-refractivity contribution is 7.87. The average molecular weight is 513 g/mol. The van der Waals surface area contributed by atoms with Crippen molar-refractivity contribution in [1.82, 2.24) is 19.8 Å². The topological polar surface area (TPSA) is 120 Å². The minimum Gasteiger partial charge on any atom is -0.385 e. The van der Waals surface area contributed by atoms with E-state index in [4.69, 9.17) is 4.18 Å². The summed E-state index contributed by atoms with van der Waals surface area (Å²) in [6, 6.07) is 11.3. The van der Waals surface area contributed by atoms with Crippen molar-refractivity contribution < 1.29 is 17.4 Å². The Balaban J connectivity index is 1.14. The fourth-order valence-electron chi connectivity index (χ4n) is 4.19. The lowest BCUT2D eigenvalue weighted by Gasteiger charge is -2.32. The average Bonchev–Trinajstić information content (AvgIpc) is 3.64. The molecule has 1 saturated heterocycles. The van der Waals surface area contributed by atoms with Crippen molar-refractivity contribution >= 4 is 38.7 Å². The third-order valence-electron chi connectivity index (χ3n) is 6.57. The first-order valence-corrected chi connectivity index (χ1v) is 13.8. The molecule has 1 amide bonds. The summed E-state index contributed by atoms with van der Waals surface area (Å²) in [6.07, 6.45) is 2.82. The van der Waals surface area contributed by atoms with Gasteiger partial charge in [0.25, 0.3) is 0 Å². The van der Waals surface area contributed by atoms with Crippen molar-refractivity contribution in [2.45, 2.75) is 24.2 Å². The lowest BCUT2D eigenvalue weighted by Crippen LogP contribution is -2.44. The van der Waals surface area contributed by atoms with Crippen LogP contribution >= 0.6 is 0 Å². The molecule has 2 aliphatic rings. The van der Waals surface area contributed by atoms with Gasteiger partial charge in [-0.3, -0.25) is 10.1 Å². The second-order valence-corrected chi connectivity index (χ2v) is 11.1. The fourth-order valence-corrected chi connectivity index (χ4v) is 5.11. The van der Waals surface area contributed by atoms with Gasteiger partial charge in [0.15, 0.2) is 0 Å². The number of carbonyl (C=O) groups excluding carboxylic acids is 1. The molecule has 0 unspecified atom stereocenters. The lowest BCUT2D eigenvalue weighted by atomic mass is 10.3. The van der Waals surface area contributed by atoms with Crippen molar-refractivity contribution in [3.8, 4) is 5.75 Å². The van der Waals surface area contributed by atoms with E-state index in [9.17, 15) is 13.2 Å². The van der Waals surface area contributed by atoms with Crippen LogP contribution in [0.25, 0.3) is 11.0 Å². The smallest absolute Gasteiger partial charge is 0.339 e. The molecule has 3 N–H and O–H groups in total. The number of carbonyl (C=O) groups is 1. The number of H-pyrrole nitrogens is 1. The first-order valence-electron chi connectivity index (χ1n) is 12.4. The second kappa shape index (κ2) is 10.5. The zero-order valence-corrected chi connectivity index (χ0v) is 21.2. The number of nitrogens with zero attached hydrogens (tertiary/aromatic N) is 3. The Morgan fingerprint density at radius 3 is 2.58 bits per heavy atom. The van der Waals surface area contributed by atoms with E-state index in [1.807, 2.05) is 0 Å². The van der Waals surface area contributed by atoms with E-state index < -0.39 is 10.1 Å². The maximum atomic E-state index is 12.8. The molecule has 2 fully saturated rings. The molecule has 1 aliphatic carbocycles. The fraction of sp³-hybridized carbons (Fsp3) is 0.440. The van der Waals surface area contributed by atoms with E-state index in [0.29, 0.717) is 17.0 Å². The Bertz CT molecular complexity index is 1310. The zero-order valence-electron chi connectivity index (χ0n) is 20.4. The molecule has 11 heteroatoms. The highest BCUT2D eigenvalue weighted by atomic mass is 32.2. The van der Waals surface area contributed by atoms with E-state index in [1.54, 1.807) is 42.5 Å². The number of anilines is 2. The highest BCUT2D eigenvalue weighted by Gasteiger charge is 2.30. The summed E-state index contributed by atoms with van der Waals surface area (Å²) >= 11 is 0. The van der Waals surface area contributed by atoms with Crippen LogP contribution in [0.3, 0.4) is 0 Å². The number of rotatable bonds is 10. The summed E-state index contributed by atoms with van der Waals surface area (Å²) in [4.78, 5) is 24.2. The Labute approximate surface area is 211 Å². The summed E-state index contributed by atoms with van der Waals surface area (Å²) in [7, 11) is -1.85. The van der Waals surface area contributed by atoms with Crippen molar-refractivity contribution in [3.05, 3.63) is 42.5 Å². The maximum Gasteiger partial charge on any atom is 0.339 e. The molecule has 192 valence electrons. The molecular formula is C25H32N6O4S. The number of aromatic amines is 1. The Morgan fingerprint density at radius 2 is 1.86 bits per heavy atom. The summed E-state index contributed by atoms with van der Waals surface area (Å²) in [5.74, 6) is 0.512. The number of hydrogen-bond acceptors (Lipinski definition) is 8. The number of fused-ring (bicyclic) bond motifs is 1. The molecular weight excluding hydrogens is 480 g/mol. The van der Waals surface area contributed by atoms with Gasteiger partial charge in [-0.2, -0.15) is 8.42 Å². The van der Waals surface area contributed by atoms with Gasteiger partial charge in [0.2, 0.25) is 11.9 Å². The first kappa shape index (κ1) is 24.5. The normalized spacial score (nSPS) is 17.2. The van der Waals surface area contributed by atoms with Gasteiger partial charge in [-0.05, 0) is 69.3 Å². The summed E-state index contributed by atoms with van der Waals surface area (Å²) in [5, 5.41) is 6.11. The van der Waals surface area contributed by atoms with Crippen LogP contribution in [0.2, 0.25) is 0 Å². The van der Waals surface area contributed by atoms with Crippen LogP contribution < -0.4 is 14.8 Å². The van der Waals surface area contributed by atoms with Crippen LogP contribution in [0.5, 0.6) is 5.75 Å². The van der Waals surface area contributed by atoms with Gasteiger partial charge >= 0.3 is 10.1 Å².